The highest BCUT2D eigenvalue weighted by atomic mass is 32.1. The number of thiazole rings is 1. The molecular weight excluding hydrogens is 306 g/mol. The van der Waals surface area contributed by atoms with Crippen molar-refractivity contribution in [2.24, 2.45) is 16.0 Å². The number of hydrogen-bond donors (Lipinski definition) is 2. The third-order valence-corrected chi connectivity index (χ3v) is 5.15. The second-order valence-electron chi connectivity index (χ2n) is 5.96. The van der Waals surface area contributed by atoms with E-state index in [2.05, 4.69) is 39.8 Å². The van der Waals surface area contributed by atoms with Crippen molar-refractivity contribution in [2.45, 2.75) is 31.7 Å². The van der Waals surface area contributed by atoms with Crippen LogP contribution < -0.4 is 11.2 Å². The lowest BCUT2D eigenvalue weighted by molar-refractivity contribution is 0.619. The van der Waals surface area contributed by atoms with Gasteiger partial charge in [-0.05, 0) is 43.4 Å². The van der Waals surface area contributed by atoms with Crippen molar-refractivity contribution >= 4 is 28.4 Å². The van der Waals surface area contributed by atoms with E-state index in [1.807, 2.05) is 12.4 Å². The Kier molecular flexibility index (Phi) is 3.83. The number of nitrogen functional groups attached to an aromatic ring is 1. The number of anilines is 1. The third-order valence-electron chi connectivity index (χ3n) is 4.32. The van der Waals surface area contributed by atoms with Gasteiger partial charge in [-0.1, -0.05) is 23.5 Å². The van der Waals surface area contributed by atoms with Crippen molar-refractivity contribution in [3.05, 3.63) is 46.6 Å². The maximum Gasteiger partial charge on any atom is 0.180 e. The summed E-state index contributed by atoms with van der Waals surface area (Å²) in [5, 5.41) is 4.73. The van der Waals surface area contributed by atoms with Crippen LogP contribution in [0.15, 0.2) is 51.9 Å². The van der Waals surface area contributed by atoms with E-state index in [9.17, 15) is 0 Å². The number of aliphatic imine (C=N–C) groups is 1. The highest BCUT2D eigenvalue weighted by molar-refractivity contribution is 7.17. The van der Waals surface area contributed by atoms with Crippen LogP contribution in [0.4, 0.5) is 5.13 Å². The maximum atomic E-state index is 5.83. The number of rotatable bonds is 3. The van der Waals surface area contributed by atoms with Crippen LogP contribution >= 0.6 is 11.3 Å². The van der Waals surface area contributed by atoms with Gasteiger partial charge in [0, 0.05) is 18.3 Å². The van der Waals surface area contributed by atoms with Crippen LogP contribution in [-0.2, 0) is 0 Å². The lowest BCUT2D eigenvalue weighted by Crippen LogP contribution is -2.25. The molecule has 0 aromatic carbocycles. The molecule has 23 heavy (non-hydrogen) atoms. The Hall–Kier alpha value is -2.21. The Balaban J connectivity index is 1.71. The molecule has 2 heterocycles. The van der Waals surface area contributed by atoms with Gasteiger partial charge in [0.1, 0.15) is 0 Å². The zero-order valence-electron chi connectivity index (χ0n) is 12.8. The largest absolute Gasteiger partial charge is 0.375 e. The van der Waals surface area contributed by atoms with Crippen LogP contribution in [0.25, 0.3) is 0 Å². The molecule has 1 aromatic rings. The molecule has 0 spiro atoms. The van der Waals surface area contributed by atoms with E-state index in [1.54, 1.807) is 0 Å². The van der Waals surface area contributed by atoms with Crippen LogP contribution in [0, 0.1) is 5.92 Å². The highest BCUT2D eigenvalue weighted by Crippen LogP contribution is 2.28. The number of allylic oxidation sites excluding steroid dienone is 3. The number of nitrogens with one attached hydrogen (secondary N) is 1. The van der Waals surface area contributed by atoms with Crippen LogP contribution in [0.5, 0.6) is 0 Å². The summed E-state index contributed by atoms with van der Waals surface area (Å²) in [4.78, 5) is 10.2. The zero-order chi connectivity index (χ0) is 15.6. The highest BCUT2D eigenvalue weighted by Gasteiger charge is 2.23. The molecule has 0 amide bonds. The molecule has 2 atom stereocenters. The number of nitrogens with zero attached hydrogens (tertiary/aromatic N) is 3. The van der Waals surface area contributed by atoms with Gasteiger partial charge >= 0.3 is 0 Å². The molecule has 6 heteroatoms. The van der Waals surface area contributed by atoms with Crippen molar-refractivity contribution in [1.82, 2.24) is 10.4 Å². The number of hydrazone groups is 1. The predicted molar refractivity (Wildman–Crippen MR) is 95.7 cm³/mol. The average Bonchev–Trinajstić information content (AvgIpc) is 3.21. The molecule has 2 unspecified atom stereocenters. The predicted octanol–water partition coefficient (Wildman–Crippen LogP) is 3.04. The molecule has 1 aromatic heterocycles. The molecular formula is C17H19N5S. The van der Waals surface area contributed by atoms with E-state index in [0.717, 1.165) is 29.1 Å². The molecule has 4 rings (SSSR count). The summed E-state index contributed by atoms with van der Waals surface area (Å²) >= 11 is 1.50. The minimum absolute atomic E-state index is 0.269. The lowest BCUT2D eigenvalue weighted by Gasteiger charge is -2.18. The topological polar surface area (TPSA) is 75.7 Å². The van der Waals surface area contributed by atoms with Gasteiger partial charge in [-0.2, -0.15) is 5.10 Å². The molecule has 3 N–H and O–H groups in total. The summed E-state index contributed by atoms with van der Waals surface area (Å²) in [5.74, 6) is 0.284. The summed E-state index contributed by atoms with van der Waals surface area (Å²) in [7, 11) is 0. The van der Waals surface area contributed by atoms with E-state index in [4.69, 9.17) is 10.7 Å². The molecule has 5 nitrogen and oxygen atoms in total. The number of aromatic nitrogens is 1. The molecule has 118 valence electrons. The smallest absolute Gasteiger partial charge is 0.180 e. The Labute approximate surface area is 139 Å². The minimum Gasteiger partial charge on any atom is -0.375 e. The van der Waals surface area contributed by atoms with Crippen LogP contribution in [0.1, 0.15) is 30.6 Å². The Bertz CT molecular complexity index is 753. The van der Waals surface area contributed by atoms with Gasteiger partial charge in [0.25, 0.3) is 0 Å². The monoisotopic (exact) mass is 325 g/mol. The fourth-order valence-electron chi connectivity index (χ4n) is 3.11. The second-order valence-corrected chi connectivity index (χ2v) is 7.02. The van der Waals surface area contributed by atoms with Gasteiger partial charge in [0.15, 0.2) is 5.13 Å². The first-order chi connectivity index (χ1) is 11.3. The first-order valence-electron chi connectivity index (χ1n) is 7.98. The number of hydrogen-bond acceptors (Lipinski definition) is 6. The molecule has 3 aliphatic rings. The van der Waals surface area contributed by atoms with Crippen LogP contribution in [0.2, 0.25) is 0 Å². The van der Waals surface area contributed by atoms with Gasteiger partial charge in [0.2, 0.25) is 0 Å². The van der Waals surface area contributed by atoms with Crippen molar-refractivity contribution in [3.8, 4) is 0 Å². The molecule has 0 radical (unpaired) electrons. The van der Waals surface area contributed by atoms with Gasteiger partial charge in [-0.15, -0.1) is 0 Å². The second kappa shape index (κ2) is 6.12. The van der Waals surface area contributed by atoms with Crippen molar-refractivity contribution in [2.75, 3.05) is 5.73 Å². The third kappa shape index (κ3) is 2.99. The molecule has 0 bridgehead atoms. The number of fused-ring (bicyclic) bond motifs is 1. The summed E-state index contributed by atoms with van der Waals surface area (Å²) in [6, 6.07) is 0.269. The molecule has 0 saturated carbocycles. The Morgan fingerprint density at radius 1 is 1.39 bits per heavy atom. The minimum atomic E-state index is 0.269. The normalized spacial score (nSPS) is 26.5. The van der Waals surface area contributed by atoms with E-state index in [-0.39, 0.29) is 12.0 Å². The Morgan fingerprint density at radius 3 is 3.13 bits per heavy atom. The molecule has 0 saturated heterocycles. The maximum absolute atomic E-state index is 5.83. The van der Waals surface area contributed by atoms with Gasteiger partial charge in [-0.3, -0.25) is 0 Å². The standard InChI is InChI=1S/C17H19N5S/c18-17-19-10-15(23-17)16(11-4-2-1-3-5-11)21-13-6-7-14-12(8-13)9-20-22-14/h4,6-10,12,14,22H,1-3,5H2,(H2,18,19). The van der Waals surface area contributed by atoms with Crippen LogP contribution in [-0.4, -0.2) is 23.0 Å². The first kappa shape index (κ1) is 14.4. The SMILES string of the molecule is Nc1ncc(C(=NC2=CC3C=NNC3C=C2)C2=CCCCC2)s1. The lowest BCUT2D eigenvalue weighted by atomic mass is 9.94. The average molecular weight is 325 g/mol. The van der Waals surface area contributed by atoms with E-state index in [1.165, 1.54) is 29.8 Å². The summed E-state index contributed by atoms with van der Waals surface area (Å²) < 4.78 is 0. The summed E-state index contributed by atoms with van der Waals surface area (Å²) in [5.41, 5.74) is 12.2. The van der Waals surface area contributed by atoms with Crippen LogP contribution in [0.3, 0.4) is 0 Å². The fourth-order valence-corrected chi connectivity index (χ4v) is 3.82. The molecule has 2 aliphatic carbocycles. The molecule has 0 fully saturated rings. The van der Waals surface area contributed by atoms with Crippen molar-refractivity contribution < 1.29 is 0 Å². The first-order valence-corrected chi connectivity index (χ1v) is 8.80. The molecule has 1 aliphatic heterocycles. The van der Waals surface area contributed by atoms with E-state index in [0.29, 0.717) is 5.13 Å². The van der Waals surface area contributed by atoms with Gasteiger partial charge in [-0.25, -0.2) is 9.98 Å². The summed E-state index contributed by atoms with van der Waals surface area (Å²) in [6.45, 7) is 0. The van der Waals surface area contributed by atoms with Gasteiger partial charge < -0.3 is 11.2 Å². The zero-order valence-corrected chi connectivity index (χ0v) is 13.6. The fraction of sp³-hybridized carbons (Fsp3) is 0.353. The van der Waals surface area contributed by atoms with Crippen molar-refractivity contribution in [3.63, 3.8) is 0 Å². The number of nitrogens with two attached hydrogens (primary N) is 1. The van der Waals surface area contributed by atoms with E-state index >= 15 is 0 Å². The quantitative estimate of drug-likeness (QED) is 0.839. The Morgan fingerprint density at radius 2 is 2.35 bits per heavy atom. The summed E-state index contributed by atoms with van der Waals surface area (Å²) in [6.07, 6.45) is 17.1. The van der Waals surface area contributed by atoms with Gasteiger partial charge in [0.05, 0.1) is 22.3 Å². The van der Waals surface area contributed by atoms with Crippen molar-refractivity contribution in [1.29, 1.82) is 0 Å². The van der Waals surface area contributed by atoms with E-state index < -0.39 is 0 Å².